The van der Waals surface area contributed by atoms with Gasteiger partial charge < -0.3 is 9.88 Å². The number of anilines is 1. The Labute approximate surface area is 180 Å². The second-order valence-corrected chi connectivity index (χ2v) is 7.07. The zero-order chi connectivity index (χ0) is 22.5. The maximum Gasteiger partial charge on any atom is 0.271 e. The van der Waals surface area contributed by atoms with Gasteiger partial charge in [-0.15, -0.1) is 0 Å². The van der Waals surface area contributed by atoms with Crippen molar-refractivity contribution in [1.82, 2.24) is 4.57 Å². The minimum Gasteiger partial charge on any atom is -0.321 e. The molecule has 1 heterocycles. The van der Waals surface area contributed by atoms with Gasteiger partial charge in [0.25, 0.3) is 11.6 Å². The third-order valence-electron chi connectivity index (χ3n) is 5.08. The fourth-order valence-corrected chi connectivity index (χ4v) is 3.52. The number of non-ortho nitro benzene ring substituents is 1. The molecule has 0 saturated carbocycles. The maximum absolute atomic E-state index is 12.7. The van der Waals surface area contributed by atoms with Crippen LogP contribution in [0.3, 0.4) is 0 Å². The van der Waals surface area contributed by atoms with Crippen LogP contribution in [0.15, 0.2) is 60.2 Å². The lowest BCUT2D eigenvalue weighted by molar-refractivity contribution is -0.384. The Hall–Kier alpha value is -4.18. The molecule has 3 rings (SSSR count). The quantitative estimate of drug-likeness (QED) is 0.262. The van der Waals surface area contributed by atoms with Gasteiger partial charge in [0, 0.05) is 29.2 Å². The number of para-hydroxylation sites is 1. The summed E-state index contributed by atoms with van der Waals surface area (Å²) in [6, 6.07) is 17.6. The SMILES string of the molecule is CCc1ccccc1NC(=O)/C(C#N)=C\c1cc(C)n(-c2cccc([N+](=O)[O-])c2)c1C. The molecule has 0 atom stereocenters. The van der Waals surface area contributed by atoms with Gasteiger partial charge in [0.2, 0.25) is 0 Å². The molecule has 31 heavy (non-hydrogen) atoms. The first-order valence-corrected chi connectivity index (χ1v) is 9.80. The van der Waals surface area contributed by atoms with Crippen molar-refractivity contribution >= 4 is 23.4 Å². The van der Waals surface area contributed by atoms with E-state index >= 15 is 0 Å². The molecule has 0 aliphatic heterocycles. The van der Waals surface area contributed by atoms with Crippen LogP contribution in [0.25, 0.3) is 11.8 Å². The fraction of sp³-hybridized carbons (Fsp3) is 0.167. The van der Waals surface area contributed by atoms with E-state index in [0.717, 1.165) is 23.4 Å². The zero-order valence-corrected chi connectivity index (χ0v) is 17.5. The van der Waals surface area contributed by atoms with Gasteiger partial charge >= 0.3 is 0 Å². The number of hydrogen-bond acceptors (Lipinski definition) is 4. The molecule has 3 aromatic rings. The first-order chi connectivity index (χ1) is 14.8. The summed E-state index contributed by atoms with van der Waals surface area (Å²) < 4.78 is 1.86. The average Bonchev–Trinajstić information content (AvgIpc) is 3.05. The molecule has 0 radical (unpaired) electrons. The summed E-state index contributed by atoms with van der Waals surface area (Å²) in [6.07, 6.45) is 2.30. The van der Waals surface area contributed by atoms with E-state index in [2.05, 4.69) is 5.32 Å². The third kappa shape index (κ3) is 4.54. The Kier molecular flexibility index (Phi) is 6.32. The van der Waals surface area contributed by atoms with E-state index in [9.17, 15) is 20.2 Å². The summed E-state index contributed by atoms with van der Waals surface area (Å²) in [6.45, 7) is 5.71. The molecule has 0 unspecified atom stereocenters. The van der Waals surface area contributed by atoms with E-state index in [-0.39, 0.29) is 11.3 Å². The highest BCUT2D eigenvalue weighted by atomic mass is 16.6. The molecule has 1 amide bonds. The number of nitrogens with zero attached hydrogens (tertiary/aromatic N) is 3. The Balaban J connectivity index is 1.96. The Morgan fingerprint density at radius 1 is 1.19 bits per heavy atom. The standard InChI is InChI=1S/C24H22N4O3/c1-4-18-8-5-6-11-23(18)26-24(29)20(15-25)13-19-12-16(2)27(17(19)3)21-9-7-10-22(14-21)28(30)31/h5-14H,4H2,1-3H3,(H,26,29)/b20-13-. The van der Waals surface area contributed by atoms with Gasteiger partial charge in [0.1, 0.15) is 11.6 Å². The molecule has 0 aliphatic rings. The van der Waals surface area contributed by atoms with Crippen molar-refractivity contribution in [2.45, 2.75) is 27.2 Å². The van der Waals surface area contributed by atoms with Gasteiger partial charge in [-0.25, -0.2) is 0 Å². The lowest BCUT2D eigenvalue weighted by Gasteiger charge is -2.10. The maximum atomic E-state index is 12.7. The van der Waals surface area contributed by atoms with Gasteiger partial charge in [-0.05, 0) is 55.7 Å². The number of rotatable bonds is 6. The van der Waals surface area contributed by atoms with E-state index in [4.69, 9.17) is 0 Å². The molecule has 0 bridgehead atoms. The normalized spacial score (nSPS) is 11.1. The lowest BCUT2D eigenvalue weighted by Crippen LogP contribution is -2.14. The minimum atomic E-state index is -0.483. The highest BCUT2D eigenvalue weighted by Gasteiger charge is 2.16. The summed E-state index contributed by atoms with van der Waals surface area (Å²) in [5, 5.41) is 23.5. The van der Waals surface area contributed by atoms with Crippen molar-refractivity contribution in [3.63, 3.8) is 0 Å². The number of carbonyl (C=O) groups excluding carboxylic acids is 1. The van der Waals surface area contributed by atoms with Crippen molar-refractivity contribution in [3.8, 4) is 11.8 Å². The molecule has 0 aliphatic carbocycles. The van der Waals surface area contributed by atoms with Gasteiger partial charge in [-0.1, -0.05) is 31.2 Å². The van der Waals surface area contributed by atoms with Crippen LogP contribution in [-0.2, 0) is 11.2 Å². The van der Waals surface area contributed by atoms with Crippen LogP contribution in [0.2, 0.25) is 0 Å². The van der Waals surface area contributed by atoms with Crippen LogP contribution in [0.5, 0.6) is 0 Å². The number of aromatic nitrogens is 1. The Morgan fingerprint density at radius 2 is 1.94 bits per heavy atom. The molecule has 1 N–H and O–H groups in total. The number of hydrogen-bond donors (Lipinski definition) is 1. The topological polar surface area (TPSA) is 101 Å². The van der Waals surface area contributed by atoms with Crippen LogP contribution < -0.4 is 5.32 Å². The van der Waals surface area contributed by atoms with Crippen molar-refractivity contribution in [2.24, 2.45) is 0 Å². The molecule has 1 aromatic heterocycles. The molecule has 156 valence electrons. The summed E-state index contributed by atoms with van der Waals surface area (Å²) in [7, 11) is 0. The van der Waals surface area contributed by atoms with Gasteiger partial charge in [-0.2, -0.15) is 5.26 Å². The Morgan fingerprint density at radius 3 is 2.61 bits per heavy atom. The fourth-order valence-electron chi connectivity index (χ4n) is 3.52. The first-order valence-electron chi connectivity index (χ1n) is 9.80. The number of nitriles is 1. The van der Waals surface area contributed by atoms with Gasteiger partial charge in [0.05, 0.1) is 10.6 Å². The predicted molar refractivity (Wildman–Crippen MR) is 120 cm³/mol. The molecular weight excluding hydrogens is 392 g/mol. The van der Waals surface area contributed by atoms with E-state index in [0.29, 0.717) is 16.9 Å². The summed E-state index contributed by atoms with van der Waals surface area (Å²) in [5.41, 5.74) is 4.57. The largest absolute Gasteiger partial charge is 0.321 e. The molecule has 7 nitrogen and oxygen atoms in total. The van der Waals surface area contributed by atoms with E-state index in [1.807, 2.05) is 55.7 Å². The number of carbonyl (C=O) groups is 1. The number of nitro groups is 1. The number of nitro benzene ring substituents is 1. The molecular formula is C24H22N4O3. The van der Waals surface area contributed by atoms with Crippen LogP contribution in [0, 0.1) is 35.3 Å². The molecule has 0 fully saturated rings. The second kappa shape index (κ2) is 9.09. The molecule has 2 aromatic carbocycles. The average molecular weight is 414 g/mol. The van der Waals surface area contributed by atoms with Crippen molar-refractivity contribution < 1.29 is 9.72 Å². The van der Waals surface area contributed by atoms with Gasteiger partial charge in [-0.3, -0.25) is 14.9 Å². The number of nitrogens with one attached hydrogen (secondary N) is 1. The molecule has 0 spiro atoms. The summed E-state index contributed by atoms with van der Waals surface area (Å²) in [4.78, 5) is 23.4. The lowest BCUT2D eigenvalue weighted by atomic mass is 10.1. The predicted octanol–water partition coefficient (Wildman–Crippen LogP) is 5.11. The monoisotopic (exact) mass is 414 g/mol. The second-order valence-electron chi connectivity index (χ2n) is 7.07. The van der Waals surface area contributed by atoms with Crippen LogP contribution in [0.4, 0.5) is 11.4 Å². The smallest absolute Gasteiger partial charge is 0.271 e. The Bertz CT molecular complexity index is 1230. The van der Waals surface area contributed by atoms with E-state index in [1.165, 1.54) is 12.1 Å². The molecule has 0 saturated heterocycles. The zero-order valence-electron chi connectivity index (χ0n) is 17.5. The van der Waals surface area contributed by atoms with Crippen molar-refractivity contribution in [3.05, 3.63) is 92.8 Å². The van der Waals surface area contributed by atoms with Crippen molar-refractivity contribution in [1.29, 1.82) is 5.26 Å². The number of benzene rings is 2. The first kappa shape index (κ1) is 21.5. The summed E-state index contributed by atoms with van der Waals surface area (Å²) in [5.74, 6) is -0.483. The van der Waals surface area contributed by atoms with E-state index in [1.54, 1.807) is 24.3 Å². The molecule has 7 heteroatoms. The van der Waals surface area contributed by atoms with Crippen LogP contribution >= 0.6 is 0 Å². The summed E-state index contributed by atoms with van der Waals surface area (Å²) >= 11 is 0. The van der Waals surface area contributed by atoms with Crippen LogP contribution in [0.1, 0.15) is 29.4 Å². The minimum absolute atomic E-state index is 0.00577. The van der Waals surface area contributed by atoms with E-state index < -0.39 is 10.8 Å². The highest BCUT2D eigenvalue weighted by Crippen LogP contribution is 2.25. The number of amides is 1. The number of aryl methyl sites for hydroxylation is 2. The highest BCUT2D eigenvalue weighted by molar-refractivity contribution is 6.10. The third-order valence-corrected chi connectivity index (χ3v) is 5.08. The van der Waals surface area contributed by atoms with Gasteiger partial charge in [0.15, 0.2) is 0 Å². The van der Waals surface area contributed by atoms with Crippen LogP contribution in [-0.4, -0.2) is 15.4 Å². The van der Waals surface area contributed by atoms with Crippen molar-refractivity contribution in [2.75, 3.05) is 5.32 Å².